The van der Waals surface area contributed by atoms with Crippen molar-refractivity contribution in [1.29, 1.82) is 0 Å². The van der Waals surface area contributed by atoms with Crippen LogP contribution >= 0.6 is 0 Å². The van der Waals surface area contributed by atoms with Crippen LogP contribution in [-0.2, 0) is 24.2 Å². The van der Waals surface area contributed by atoms with Crippen LogP contribution in [0, 0.1) is 5.82 Å². The Morgan fingerprint density at radius 2 is 1.93 bits per heavy atom. The van der Waals surface area contributed by atoms with Gasteiger partial charge < -0.3 is 9.88 Å². The highest BCUT2D eigenvalue weighted by Gasteiger charge is 2.46. The number of rotatable bonds is 3. The molecule has 3 amide bonds. The van der Waals surface area contributed by atoms with E-state index in [9.17, 15) is 14.0 Å². The molecule has 2 aliphatic rings. The lowest BCUT2D eigenvalue weighted by Crippen LogP contribution is -2.39. The number of benzene rings is 2. The van der Waals surface area contributed by atoms with E-state index in [1.54, 1.807) is 11.0 Å². The number of H-pyrrole nitrogens is 1. The summed E-state index contributed by atoms with van der Waals surface area (Å²) in [4.78, 5) is 31.8. The predicted octanol–water partition coefficient (Wildman–Crippen LogP) is 3.24. The zero-order valence-electron chi connectivity index (χ0n) is 14.6. The minimum absolute atomic E-state index is 0.138. The molecule has 6 heteroatoms. The smallest absolute Gasteiger partial charge is 0.327 e. The van der Waals surface area contributed by atoms with Crippen molar-refractivity contribution in [3.05, 3.63) is 71.2 Å². The van der Waals surface area contributed by atoms with Gasteiger partial charge in [0.05, 0.1) is 0 Å². The molecule has 1 fully saturated rings. The number of carbonyl (C=O) groups is 2. The first-order chi connectivity index (χ1) is 13.1. The number of nitrogens with zero attached hydrogens (tertiary/aromatic N) is 2. The molecule has 0 aliphatic carbocycles. The van der Waals surface area contributed by atoms with Gasteiger partial charge in [-0.3, -0.25) is 9.69 Å². The minimum Gasteiger partial charge on any atom is -0.361 e. The van der Waals surface area contributed by atoms with Crippen molar-refractivity contribution in [1.82, 2.24) is 14.8 Å². The molecule has 1 N–H and O–H groups in total. The number of carbonyl (C=O) groups excluding carboxylic acids is 2. The fourth-order valence-electron chi connectivity index (χ4n) is 4.17. The second kappa shape index (κ2) is 5.94. The van der Waals surface area contributed by atoms with Crippen LogP contribution in [0.3, 0.4) is 0 Å². The van der Waals surface area contributed by atoms with Gasteiger partial charge in [-0.15, -0.1) is 0 Å². The average Bonchev–Trinajstić information content (AvgIpc) is 3.18. The molecule has 0 radical (unpaired) electrons. The van der Waals surface area contributed by atoms with Crippen LogP contribution in [0.2, 0.25) is 0 Å². The highest BCUT2D eigenvalue weighted by atomic mass is 19.1. The third-order valence-corrected chi connectivity index (χ3v) is 5.61. The van der Waals surface area contributed by atoms with E-state index in [0.29, 0.717) is 25.9 Å². The van der Waals surface area contributed by atoms with Crippen molar-refractivity contribution < 1.29 is 14.0 Å². The highest BCUT2D eigenvalue weighted by molar-refractivity contribution is 6.04. The molecule has 5 nitrogen and oxygen atoms in total. The molecule has 5 rings (SSSR count). The summed E-state index contributed by atoms with van der Waals surface area (Å²) >= 11 is 0. The van der Waals surface area contributed by atoms with Gasteiger partial charge in [0.1, 0.15) is 11.9 Å². The van der Waals surface area contributed by atoms with E-state index in [2.05, 4.69) is 4.98 Å². The lowest BCUT2D eigenvalue weighted by atomic mass is 9.95. The second-order valence-corrected chi connectivity index (χ2v) is 7.14. The summed E-state index contributed by atoms with van der Waals surface area (Å²) in [5.41, 5.74) is 3.98. The molecule has 0 bridgehead atoms. The lowest BCUT2D eigenvalue weighted by molar-refractivity contribution is -0.128. The highest BCUT2D eigenvalue weighted by Crippen LogP contribution is 2.30. The van der Waals surface area contributed by atoms with Crippen LogP contribution in [0.5, 0.6) is 0 Å². The van der Waals surface area contributed by atoms with Gasteiger partial charge in [-0.05, 0) is 41.3 Å². The predicted molar refractivity (Wildman–Crippen MR) is 98.5 cm³/mol. The Morgan fingerprint density at radius 3 is 2.78 bits per heavy atom. The van der Waals surface area contributed by atoms with Gasteiger partial charge in [-0.25, -0.2) is 9.18 Å². The van der Waals surface area contributed by atoms with Crippen molar-refractivity contribution in [2.24, 2.45) is 0 Å². The Labute approximate surface area is 155 Å². The maximum absolute atomic E-state index is 13.6. The van der Waals surface area contributed by atoms with Crippen molar-refractivity contribution in [3.63, 3.8) is 0 Å². The van der Waals surface area contributed by atoms with Crippen molar-refractivity contribution >= 4 is 22.8 Å². The Kier molecular flexibility index (Phi) is 3.53. The summed E-state index contributed by atoms with van der Waals surface area (Å²) < 4.78 is 13.6. The normalized spacial score (nSPS) is 18.9. The number of hydrogen-bond acceptors (Lipinski definition) is 2. The van der Waals surface area contributed by atoms with Crippen molar-refractivity contribution in [3.8, 4) is 0 Å². The van der Waals surface area contributed by atoms with E-state index in [-0.39, 0.29) is 17.8 Å². The van der Waals surface area contributed by atoms with E-state index in [0.717, 1.165) is 27.6 Å². The quantitative estimate of drug-likeness (QED) is 0.727. The van der Waals surface area contributed by atoms with Gasteiger partial charge in [0.15, 0.2) is 0 Å². The molecule has 136 valence electrons. The van der Waals surface area contributed by atoms with E-state index < -0.39 is 6.04 Å². The van der Waals surface area contributed by atoms with Crippen LogP contribution in [-0.4, -0.2) is 39.3 Å². The molecular weight excluding hydrogens is 345 g/mol. The van der Waals surface area contributed by atoms with E-state index >= 15 is 0 Å². The number of halogens is 1. The standard InChI is InChI=1S/C21H18FN3O2/c22-16-5-6-18-17(10-16)14(11-23-18)7-8-24-20(26)19-9-13-3-1-2-4-15(13)12-25(19)21(24)27/h1-6,10-11,19,23H,7-9,12H2. The molecule has 27 heavy (non-hydrogen) atoms. The molecule has 3 heterocycles. The first kappa shape index (κ1) is 16.1. The molecule has 1 aromatic heterocycles. The number of imide groups is 1. The van der Waals surface area contributed by atoms with Gasteiger partial charge >= 0.3 is 6.03 Å². The summed E-state index contributed by atoms with van der Waals surface area (Å²) in [6, 6.07) is 11.9. The Morgan fingerprint density at radius 1 is 1.11 bits per heavy atom. The average molecular weight is 363 g/mol. The molecule has 2 aromatic carbocycles. The summed E-state index contributed by atoms with van der Waals surface area (Å²) in [5, 5.41) is 0.791. The molecule has 2 aliphatic heterocycles. The van der Waals surface area contributed by atoms with Gasteiger partial charge in [0.2, 0.25) is 0 Å². The lowest BCUT2D eigenvalue weighted by Gasteiger charge is -2.28. The maximum Gasteiger partial charge on any atom is 0.327 e. The van der Waals surface area contributed by atoms with E-state index in [1.807, 2.05) is 30.5 Å². The van der Waals surface area contributed by atoms with Gasteiger partial charge in [-0.2, -0.15) is 0 Å². The molecule has 1 atom stereocenters. The van der Waals surface area contributed by atoms with Crippen LogP contribution in [0.4, 0.5) is 9.18 Å². The topological polar surface area (TPSA) is 56.4 Å². The van der Waals surface area contributed by atoms with Gasteiger partial charge in [0.25, 0.3) is 5.91 Å². The largest absolute Gasteiger partial charge is 0.361 e. The van der Waals surface area contributed by atoms with Crippen molar-refractivity contribution in [2.45, 2.75) is 25.4 Å². The monoisotopic (exact) mass is 363 g/mol. The Bertz CT molecular complexity index is 1030. The molecule has 0 spiro atoms. The SMILES string of the molecule is O=C1C2Cc3ccccc3CN2C(=O)N1CCc1c[nH]c2ccc(F)cc12. The first-order valence-corrected chi connectivity index (χ1v) is 9.06. The van der Waals surface area contributed by atoms with Gasteiger partial charge in [-0.1, -0.05) is 24.3 Å². The number of fused-ring (bicyclic) bond motifs is 3. The number of hydrogen-bond donors (Lipinski definition) is 1. The molecule has 1 unspecified atom stereocenters. The minimum atomic E-state index is -0.409. The molecule has 0 saturated carbocycles. The summed E-state index contributed by atoms with van der Waals surface area (Å²) in [6.07, 6.45) is 2.88. The Balaban J connectivity index is 1.37. The van der Waals surface area contributed by atoms with Crippen LogP contribution in [0.25, 0.3) is 10.9 Å². The molecular formula is C21H18FN3O2. The fourth-order valence-corrected chi connectivity index (χ4v) is 4.17. The first-order valence-electron chi connectivity index (χ1n) is 9.06. The van der Waals surface area contributed by atoms with Crippen LogP contribution in [0.1, 0.15) is 16.7 Å². The zero-order chi connectivity index (χ0) is 18.5. The summed E-state index contributed by atoms with van der Waals surface area (Å²) in [7, 11) is 0. The van der Waals surface area contributed by atoms with Crippen molar-refractivity contribution in [2.75, 3.05) is 6.54 Å². The number of aromatic amines is 1. The number of urea groups is 1. The number of amides is 3. The third-order valence-electron chi connectivity index (χ3n) is 5.61. The number of nitrogens with one attached hydrogen (secondary N) is 1. The van der Waals surface area contributed by atoms with Crippen LogP contribution < -0.4 is 0 Å². The fraction of sp³-hybridized carbons (Fsp3) is 0.238. The maximum atomic E-state index is 13.6. The number of aromatic nitrogens is 1. The van der Waals surface area contributed by atoms with Crippen LogP contribution in [0.15, 0.2) is 48.7 Å². The summed E-state index contributed by atoms with van der Waals surface area (Å²) in [5.74, 6) is -0.438. The van der Waals surface area contributed by atoms with E-state index in [1.165, 1.54) is 17.0 Å². The van der Waals surface area contributed by atoms with Gasteiger partial charge in [0, 0.05) is 36.6 Å². The second-order valence-electron chi connectivity index (χ2n) is 7.14. The Hall–Kier alpha value is -3.15. The summed E-state index contributed by atoms with van der Waals surface area (Å²) in [6.45, 7) is 0.769. The molecule has 3 aromatic rings. The van der Waals surface area contributed by atoms with E-state index in [4.69, 9.17) is 0 Å². The third kappa shape index (κ3) is 2.51. The zero-order valence-corrected chi connectivity index (χ0v) is 14.6. The molecule has 1 saturated heterocycles.